The first-order valence-corrected chi connectivity index (χ1v) is 9.84. The summed E-state index contributed by atoms with van der Waals surface area (Å²) in [6.45, 7) is 2.60. The number of nitrogens with zero attached hydrogens (tertiary/aromatic N) is 3. The number of benzene rings is 2. The van der Waals surface area contributed by atoms with Crippen LogP contribution in [0.25, 0.3) is 0 Å². The van der Waals surface area contributed by atoms with Gasteiger partial charge in [-0.2, -0.15) is 10.1 Å². The van der Waals surface area contributed by atoms with Gasteiger partial charge in [0.25, 0.3) is 0 Å². The molecule has 0 unspecified atom stereocenters. The van der Waals surface area contributed by atoms with Gasteiger partial charge in [-0.15, -0.1) is 5.10 Å². The molecule has 9 heteroatoms. The molecule has 0 bridgehead atoms. The van der Waals surface area contributed by atoms with Crippen molar-refractivity contribution in [2.24, 2.45) is 5.14 Å². The molecule has 3 aromatic rings. The van der Waals surface area contributed by atoms with Gasteiger partial charge in [-0.3, -0.25) is 0 Å². The maximum absolute atomic E-state index is 11.3. The van der Waals surface area contributed by atoms with Crippen molar-refractivity contribution in [1.82, 2.24) is 15.2 Å². The minimum atomic E-state index is -3.67. The first kappa shape index (κ1) is 18.7. The first-order chi connectivity index (χ1) is 12.9. The lowest BCUT2D eigenvalue weighted by Crippen LogP contribution is -2.12. The first-order valence-electron chi connectivity index (χ1n) is 8.29. The summed E-state index contributed by atoms with van der Waals surface area (Å²) in [5.41, 5.74) is 3.07. The second-order valence-corrected chi connectivity index (χ2v) is 7.58. The van der Waals surface area contributed by atoms with Crippen molar-refractivity contribution in [3.05, 3.63) is 65.9 Å². The number of nitrogens with two attached hydrogens (primary N) is 1. The van der Waals surface area contributed by atoms with Gasteiger partial charge < -0.3 is 10.6 Å². The number of sulfonamides is 1. The highest BCUT2D eigenvalue weighted by molar-refractivity contribution is 7.89. The number of aryl methyl sites for hydroxylation is 1. The van der Waals surface area contributed by atoms with E-state index in [9.17, 15) is 8.42 Å². The molecule has 0 spiro atoms. The molecule has 0 radical (unpaired) electrons. The van der Waals surface area contributed by atoms with Crippen LogP contribution in [0.1, 0.15) is 11.1 Å². The predicted octanol–water partition coefficient (Wildman–Crippen LogP) is 2.23. The van der Waals surface area contributed by atoms with Crippen molar-refractivity contribution in [2.45, 2.75) is 18.2 Å². The molecule has 1 aromatic heterocycles. The summed E-state index contributed by atoms with van der Waals surface area (Å²) in [6.07, 6.45) is 2.22. The van der Waals surface area contributed by atoms with Crippen LogP contribution in [0, 0.1) is 6.92 Å². The summed E-state index contributed by atoms with van der Waals surface area (Å²) >= 11 is 0. The Morgan fingerprint density at radius 1 is 1.04 bits per heavy atom. The molecule has 0 atom stereocenters. The van der Waals surface area contributed by atoms with E-state index in [-0.39, 0.29) is 4.90 Å². The molecular weight excluding hydrogens is 364 g/mol. The smallest absolute Gasteiger partial charge is 0.244 e. The highest BCUT2D eigenvalue weighted by Gasteiger charge is 2.07. The Balaban J connectivity index is 1.56. The molecule has 27 heavy (non-hydrogen) atoms. The van der Waals surface area contributed by atoms with Crippen LogP contribution in [0.4, 0.5) is 17.5 Å². The van der Waals surface area contributed by atoms with Gasteiger partial charge in [-0.25, -0.2) is 13.6 Å². The third-order valence-corrected chi connectivity index (χ3v) is 4.76. The second-order valence-electron chi connectivity index (χ2n) is 6.02. The molecule has 0 aliphatic heterocycles. The molecule has 0 saturated heterocycles. The van der Waals surface area contributed by atoms with Gasteiger partial charge >= 0.3 is 0 Å². The Hall–Kier alpha value is -3.04. The maximum Gasteiger partial charge on any atom is 0.244 e. The van der Waals surface area contributed by atoms with Crippen molar-refractivity contribution < 1.29 is 8.42 Å². The van der Waals surface area contributed by atoms with Crippen molar-refractivity contribution in [3.63, 3.8) is 0 Å². The zero-order chi connectivity index (χ0) is 19.3. The molecule has 8 nitrogen and oxygen atoms in total. The fourth-order valence-electron chi connectivity index (χ4n) is 2.39. The van der Waals surface area contributed by atoms with Crippen LogP contribution in [0.2, 0.25) is 0 Å². The average Bonchev–Trinajstić information content (AvgIpc) is 2.64. The van der Waals surface area contributed by atoms with Crippen LogP contribution in [0.3, 0.4) is 0 Å². The van der Waals surface area contributed by atoms with Gasteiger partial charge in [-0.1, -0.05) is 29.8 Å². The third-order valence-electron chi connectivity index (χ3n) is 3.83. The van der Waals surface area contributed by atoms with Gasteiger partial charge in [0.05, 0.1) is 11.1 Å². The molecule has 2 aromatic carbocycles. The van der Waals surface area contributed by atoms with Crippen molar-refractivity contribution in [1.29, 1.82) is 0 Å². The van der Waals surface area contributed by atoms with Crippen molar-refractivity contribution >= 4 is 27.5 Å². The number of primary sulfonamides is 1. The van der Waals surface area contributed by atoms with E-state index in [0.717, 1.165) is 11.3 Å². The summed E-state index contributed by atoms with van der Waals surface area (Å²) in [7, 11) is -3.67. The van der Waals surface area contributed by atoms with Gasteiger partial charge in [-0.05, 0) is 43.2 Å². The number of hydrogen-bond acceptors (Lipinski definition) is 7. The molecule has 0 aliphatic carbocycles. The fourth-order valence-corrected chi connectivity index (χ4v) is 2.90. The Morgan fingerprint density at radius 3 is 2.41 bits per heavy atom. The summed E-state index contributed by atoms with van der Waals surface area (Å²) in [6, 6.07) is 14.4. The molecule has 4 N–H and O–H groups in total. The van der Waals surface area contributed by atoms with Crippen LogP contribution >= 0.6 is 0 Å². The molecule has 0 amide bonds. The molecule has 1 heterocycles. The van der Waals surface area contributed by atoms with Gasteiger partial charge in [0.1, 0.15) is 0 Å². The Labute approximate surface area is 157 Å². The summed E-state index contributed by atoms with van der Waals surface area (Å²) in [5.74, 6) is 1.00. The standard InChI is InChI=1S/C18H20N6O2S/c1-13-2-6-15(7-3-13)22-17-12-21-24-18(23-17)20-11-10-14-4-8-16(9-5-14)27(19,25)26/h2-9,12H,10-11H2,1H3,(H2,19,25,26)(H2,20,22,23,24). The van der Waals surface area contributed by atoms with Crippen LogP contribution in [-0.4, -0.2) is 30.1 Å². The minimum Gasteiger partial charge on any atom is -0.353 e. The SMILES string of the molecule is Cc1ccc(Nc2cnnc(NCCc3ccc(S(N)(=O)=O)cc3)n2)cc1. The Kier molecular flexibility index (Phi) is 5.63. The van der Waals surface area contributed by atoms with Crippen LogP contribution < -0.4 is 15.8 Å². The van der Waals surface area contributed by atoms with E-state index < -0.39 is 10.0 Å². The second kappa shape index (κ2) is 8.11. The maximum atomic E-state index is 11.3. The van der Waals surface area contributed by atoms with E-state index in [1.165, 1.54) is 17.7 Å². The fraction of sp³-hybridized carbons (Fsp3) is 0.167. The number of anilines is 3. The molecule has 0 saturated carbocycles. The van der Waals surface area contributed by atoms with Gasteiger partial charge in [0.15, 0.2) is 5.82 Å². The van der Waals surface area contributed by atoms with Crippen LogP contribution in [0.5, 0.6) is 0 Å². The van der Waals surface area contributed by atoms with E-state index in [2.05, 4.69) is 25.8 Å². The number of nitrogens with one attached hydrogen (secondary N) is 2. The van der Waals surface area contributed by atoms with E-state index in [4.69, 9.17) is 5.14 Å². The van der Waals surface area contributed by atoms with E-state index in [1.54, 1.807) is 18.3 Å². The van der Waals surface area contributed by atoms with Crippen LogP contribution in [-0.2, 0) is 16.4 Å². The van der Waals surface area contributed by atoms with E-state index in [1.807, 2.05) is 31.2 Å². The normalized spacial score (nSPS) is 11.2. The largest absolute Gasteiger partial charge is 0.353 e. The molecular formula is C18H20N6O2S. The van der Waals surface area contributed by atoms with Gasteiger partial charge in [0.2, 0.25) is 16.0 Å². The highest BCUT2D eigenvalue weighted by Crippen LogP contribution is 2.15. The predicted molar refractivity (Wildman–Crippen MR) is 104 cm³/mol. The zero-order valence-corrected chi connectivity index (χ0v) is 15.6. The highest BCUT2D eigenvalue weighted by atomic mass is 32.2. The topological polar surface area (TPSA) is 123 Å². The van der Waals surface area contributed by atoms with Crippen LogP contribution in [0.15, 0.2) is 59.6 Å². The number of rotatable bonds is 7. The average molecular weight is 384 g/mol. The third kappa shape index (κ3) is 5.47. The van der Waals surface area contributed by atoms with E-state index in [0.29, 0.717) is 24.7 Å². The lowest BCUT2D eigenvalue weighted by Gasteiger charge is -2.08. The summed E-state index contributed by atoms with van der Waals surface area (Å²) in [5, 5.41) is 19.3. The van der Waals surface area contributed by atoms with E-state index >= 15 is 0 Å². The lowest BCUT2D eigenvalue weighted by molar-refractivity contribution is 0.598. The molecule has 3 rings (SSSR count). The Bertz CT molecular complexity index is 1000. The summed E-state index contributed by atoms with van der Waals surface area (Å²) in [4.78, 5) is 4.48. The molecule has 0 fully saturated rings. The van der Waals surface area contributed by atoms with Crippen molar-refractivity contribution in [2.75, 3.05) is 17.2 Å². The minimum absolute atomic E-state index is 0.0987. The zero-order valence-electron chi connectivity index (χ0n) is 14.8. The molecule has 0 aliphatic rings. The number of aromatic nitrogens is 3. The van der Waals surface area contributed by atoms with Gasteiger partial charge in [0, 0.05) is 12.2 Å². The molecule has 140 valence electrons. The van der Waals surface area contributed by atoms with Crippen molar-refractivity contribution in [3.8, 4) is 0 Å². The lowest BCUT2D eigenvalue weighted by atomic mass is 10.1. The number of hydrogen-bond donors (Lipinski definition) is 3. The quantitative estimate of drug-likeness (QED) is 0.571. The summed E-state index contributed by atoms with van der Waals surface area (Å²) < 4.78 is 22.5. The monoisotopic (exact) mass is 384 g/mol. The Morgan fingerprint density at radius 2 is 1.74 bits per heavy atom.